The summed E-state index contributed by atoms with van der Waals surface area (Å²) in [5, 5.41) is 7.98. The zero-order valence-electron chi connectivity index (χ0n) is 16.4. The number of hydrogen-bond donors (Lipinski definition) is 1. The SMILES string of the molecule is COC(=O)c1cc(NC(=O)C2=NN(c3ccccc3)C(=O)CC2)cc(C(=O)OC)c1. The van der Waals surface area contributed by atoms with Gasteiger partial charge in [-0.3, -0.25) is 9.59 Å². The van der Waals surface area contributed by atoms with Crippen molar-refractivity contribution in [3.63, 3.8) is 0 Å². The molecule has 9 heteroatoms. The predicted molar refractivity (Wildman–Crippen MR) is 108 cm³/mol. The summed E-state index contributed by atoms with van der Waals surface area (Å²) >= 11 is 0. The Balaban J connectivity index is 1.88. The van der Waals surface area contributed by atoms with Crippen LogP contribution >= 0.6 is 0 Å². The first kappa shape index (κ1) is 20.7. The minimum absolute atomic E-state index is 0.0716. The third kappa shape index (κ3) is 4.52. The molecule has 154 valence electrons. The highest BCUT2D eigenvalue weighted by atomic mass is 16.5. The number of amides is 2. The number of para-hydroxylation sites is 1. The van der Waals surface area contributed by atoms with Crippen LogP contribution in [0.25, 0.3) is 0 Å². The normalized spacial score (nSPS) is 13.3. The summed E-state index contributed by atoms with van der Waals surface area (Å²) in [6.45, 7) is 0. The average Bonchev–Trinajstić information content (AvgIpc) is 2.78. The number of carbonyl (C=O) groups is 4. The average molecular weight is 409 g/mol. The van der Waals surface area contributed by atoms with Crippen LogP contribution in [-0.4, -0.2) is 43.7 Å². The van der Waals surface area contributed by atoms with E-state index in [1.165, 1.54) is 37.4 Å². The van der Waals surface area contributed by atoms with E-state index < -0.39 is 17.8 Å². The molecule has 0 aromatic heterocycles. The fourth-order valence-corrected chi connectivity index (χ4v) is 2.86. The molecule has 2 aromatic carbocycles. The Bertz CT molecular complexity index is 998. The summed E-state index contributed by atoms with van der Waals surface area (Å²) < 4.78 is 9.37. The van der Waals surface area contributed by atoms with Crippen molar-refractivity contribution < 1.29 is 28.7 Å². The minimum atomic E-state index is -0.674. The van der Waals surface area contributed by atoms with E-state index in [4.69, 9.17) is 0 Å². The Morgan fingerprint density at radius 2 is 1.53 bits per heavy atom. The van der Waals surface area contributed by atoms with E-state index in [0.29, 0.717) is 5.69 Å². The molecule has 0 spiro atoms. The summed E-state index contributed by atoms with van der Waals surface area (Å²) in [5.41, 5.74) is 1.02. The molecule has 0 fully saturated rings. The first-order chi connectivity index (χ1) is 14.4. The Morgan fingerprint density at radius 3 is 2.10 bits per heavy atom. The highest BCUT2D eigenvalue weighted by molar-refractivity contribution is 6.44. The maximum absolute atomic E-state index is 12.7. The van der Waals surface area contributed by atoms with Crippen molar-refractivity contribution in [3.8, 4) is 0 Å². The number of nitrogens with one attached hydrogen (secondary N) is 1. The van der Waals surface area contributed by atoms with Gasteiger partial charge in [0.05, 0.1) is 31.0 Å². The molecule has 2 aromatic rings. The second kappa shape index (κ2) is 8.99. The van der Waals surface area contributed by atoms with Gasteiger partial charge in [-0.25, -0.2) is 14.6 Å². The van der Waals surface area contributed by atoms with E-state index in [1.807, 2.05) is 6.07 Å². The zero-order valence-corrected chi connectivity index (χ0v) is 16.4. The maximum Gasteiger partial charge on any atom is 0.337 e. The molecule has 9 nitrogen and oxygen atoms in total. The van der Waals surface area contributed by atoms with Crippen LogP contribution in [0.1, 0.15) is 33.6 Å². The smallest absolute Gasteiger partial charge is 0.337 e. The zero-order chi connectivity index (χ0) is 21.7. The number of nitrogens with zero attached hydrogens (tertiary/aromatic N) is 2. The van der Waals surface area contributed by atoms with Crippen LogP contribution in [-0.2, 0) is 19.1 Å². The van der Waals surface area contributed by atoms with Gasteiger partial charge in [0.15, 0.2) is 0 Å². The van der Waals surface area contributed by atoms with Crippen LogP contribution < -0.4 is 10.3 Å². The molecule has 30 heavy (non-hydrogen) atoms. The van der Waals surface area contributed by atoms with Gasteiger partial charge in [0.1, 0.15) is 5.71 Å². The highest BCUT2D eigenvalue weighted by Gasteiger charge is 2.26. The molecule has 1 heterocycles. The van der Waals surface area contributed by atoms with Gasteiger partial charge >= 0.3 is 11.9 Å². The second-order valence-electron chi connectivity index (χ2n) is 6.32. The number of carbonyl (C=O) groups excluding carboxylic acids is 4. The maximum atomic E-state index is 12.7. The molecule has 0 saturated heterocycles. The van der Waals surface area contributed by atoms with Gasteiger partial charge < -0.3 is 14.8 Å². The predicted octanol–water partition coefficient (Wildman–Crippen LogP) is 2.38. The van der Waals surface area contributed by atoms with Crippen LogP contribution in [0.5, 0.6) is 0 Å². The molecule has 1 aliphatic heterocycles. The topological polar surface area (TPSA) is 114 Å². The molecule has 1 N–H and O–H groups in total. The molecular weight excluding hydrogens is 390 g/mol. The number of ether oxygens (including phenoxy) is 2. The van der Waals surface area contributed by atoms with Crippen molar-refractivity contribution in [2.24, 2.45) is 5.10 Å². The first-order valence-electron chi connectivity index (χ1n) is 9.01. The monoisotopic (exact) mass is 409 g/mol. The number of anilines is 2. The third-order valence-corrected chi connectivity index (χ3v) is 4.33. The molecular formula is C21H19N3O6. The summed E-state index contributed by atoms with van der Waals surface area (Å²) in [7, 11) is 2.41. The molecule has 1 aliphatic rings. The van der Waals surface area contributed by atoms with E-state index in [2.05, 4.69) is 19.9 Å². The lowest BCUT2D eigenvalue weighted by Crippen LogP contribution is -2.36. The van der Waals surface area contributed by atoms with Gasteiger partial charge in [0, 0.05) is 18.5 Å². The summed E-state index contributed by atoms with van der Waals surface area (Å²) in [6.07, 6.45) is 0.283. The van der Waals surface area contributed by atoms with Gasteiger partial charge in [-0.15, -0.1) is 0 Å². The number of rotatable bonds is 5. The lowest BCUT2D eigenvalue weighted by Gasteiger charge is -2.23. The van der Waals surface area contributed by atoms with Crippen LogP contribution in [0, 0.1) is 0 Å². The van der Waals surface area contributed by atoms with E-state index >= 15 is 0 Å². The van der Waals surface area contributed by atoms with Gasteiger partial charge in [0.2, 0.25) is 5.91 Å². The van der Waals surface area contributed by atoms with E-state index in [0.717, 1.165) is 0 Å². The minimum Gasteiger partial charge on any atom is -0.465 e. The number of hydrogen-bond acceptors (Lipinski definition) is 7. The molecule has 0 atom stereocenters. The fraction of sp³-hybridized carbons (Fsp3) is 0.190. The van der Waals surface area contributed by atoms with Crippen molar-refractivity contribution in [1.82, 2.24) is 0 Å². The Kier molecular flexibility index (Phi) is 6.21. The van der Waals surface area contributed by atoms with Crippen LogP contribution in [0.4, 0.5) is 11.4 Å². The largest absolute Gasteiger partial charge is 0.465 e. The van der Waals surface area contributed by atoms with Gasteiger partial charge in [0.25, 0.3) is 5.91 Å². The first-order valence-corrected chi connectivity index (χ1v) is 9.01. The van der Waals surface area contributed by atoms with E-state index in [9.17, 15) is 19.2 Å². The number of esters is 2. The molecule has 0 aliphatic carbocycles. The van der Waals surface area contributed by atoms with Crippen LogP contribution in [0.2, 0.25) is 0 Å². The highest BCUT2D eigenvalue weighted by Crippen LogP contribution is 2.21. The Labute approximate surface area is 172 Å². The quantitative estimate of drug-likeness (QED) is 0.759. The molecule has 0 bridgehead atoms. The fourth-order valence-electron chi connectivity index (χ4n) is 2.86. The summed E-state index contributed by atoms with van der Waals surface area (Å²) in [6, 6.07) is 12.8. The Hall–Kier alpha value is -4.01. The van der Waals surface area contributed by atoms with Gasteiger partial charge in [-0.2, -0.15) is 5.10 Å². The van der Waals surface area contributed by atoms with Crippen molar-refractivity contribution in [2.75, 3.05) is 24.5 Å². The van der Waals surface area contributed by atoms with Crippen LogP contribution in [0.15, 0.2) is 53.6 Å². The molecule has 2 amide bonds. The summed E-state index contributed by atoms with van der Waals surface area (Å²) in [4.78, 5) is 48.7. The second-order valence-corrected chi connectivity index (χ2v) is 6.32. The Morgan fingerprint density at radius 1 is 0.933 bits per heavy atom. The van der Waals surface area contributed by atoms with Crippen molar-refractivity contribution in [2.45, 2.75) is 12.8 Å². The third-order valence-electron chi connectivity index (χ3n) is 4.33. The lowest BCUT2D eigenvalue weighted by atomic mass is 10.1. The van der Waals surface area contributed by atoms with E-state index in [1.54, 1.807) is 24.3 Å². The van der Waals surface area contributed by atoms with Crippen molar-refractivity contribution in [3.05, 3.63) is 59.7 Å². The molecule has 0 radical (unpaired) electrons. The number of hydrazone groups is 1. The van der Waals surface area contributed by atoms with Crippen LogP contribution in [0.3, 0.4) is 0 Å². The number of benzene rings is 2. The van der Waals surface area contributed by atoms with E-state index in [-0.39, 0.29) is 41.3 Å². The van der Waals surface area contributed by atoms with Crippen molar-refractivity contribution in [1.29, 1.82) is 0 Å². The van der Waals surface area contributed by atoms with Gasteiger partial charge in [-0.05, 0) is 30.3 Å². The molecule has 3 rings (SSSR count). The summed E-state index contributed by atoms with van der Waals surface area (Å²) in [5.74, 6) is -2.13. The number of methoxy groups -OCH3 is 2. The molecule has 0 saturated carbocycles. The molecule has 0 unspecified atom stereocenters. The van der Waals surface area contributed by atoms with Gasteiger partial charge in [-0.1, -0.05) is 18.2 Å². The van der Waals surface area contributed by atoms with Crippen molar-refractivity contribution >= 4 is 40.8 Å². The standard InChI is InChI=1S/C21H19N3O6/c1-29-20(27)13-10-14(21(28)30-2)12-15(11-13)22-19(26)17-8-9-18(25)24(23-17)16-6-4-3-5-7-16/h3-7,10-12H,8-9H2,1-2H3,(H,22,26). The lowest BCUT2D eigenvalue weighted by molar-refractivity contribution is -0.118.